The summed E-state index contributed by atoms with van der Waals surface area (Å²) in [6.45, 7) is 3.53. The van der Waals surface area contributed by atoms with Gasteiger partial charge < -0.3 is 21.5 Å². The molecule has 0 heterocycles. The van der Waals surface area contributed by atoms with Crippen LogP contribution in [0.4, 0.5) is 23.2 Å². The first-order valence-corrected chi connectivity index (χ1v) is 9.48. The second-order valence-corrected chi connectivity index (χ2v) is 7.23. The number of alkyl halides is 3. The number of nitrogen functional groups attached to an aromatic ring is 1. The van der Waals surface area contributed by atoms with E-state index < -0.39 is 40.9 Å². The van der Waals surface area contributed by atoms with E-state index in [1.165, 1.54) is 18.2 Å². The molecule has 0 radical (unpaired) electrons. The molecular formula is C20H22ClF4N3O2. The van der Waals surface area contributed by atoms with Gasteiger partial charge >= 0.3 is 6.18 Å². The SMILES string of the molecule is CC[C@@H](N[C@H](C)CC(N)=O)c1ccc(Cl)c(Oc2ccc(N)c(C(F)(F)F)c2)c1F. The number of hydrogen-bond acceptors (Lipinski definition) is 4. The topological polar surface area (TPSA) is 90.4 Å². The van der Waals surface area contributed by atoms with Crippen LogP contribution in [0.1, 0.15) is 43.9 Å². The fourth-order valence-corrected chi connectivity index (χ4v) is 3.19. The highest BCUT2D eigenvalue weighted by molar-refractivity contribution is 6.32. The molecule has 0 aliphatic carbocycles. The summed E-state index contributed by atoms with van der Waals surface area (Å²) in [6.07, 6.45) is -4.18. The van der Waals surface area contributed by atoms with Crippen LogP contribution in [0.25, 0.3) is 0 Å². The first-order valence-electron chi connectivity index (χ1n) is 9.10. The lowest BCUT2D eigenvalue weighted by atomic mass is 10.0. The molecule has 2 atom stereocenters. The molecule has 5 N–H and O–H groups in total. The molecule has 0 saturated carbocycles. The van der Waals surface area contributed by atoms with E-state index in [-0.39, 0.29) is 28.8 Å². The van der Waals surface area contributed by atoms with Crippen LogP contribution in [0.3, 0.4) is 0 Å². The van der Waals surface area contributed by atoms with Gasteiger partial charge in [-0.05, 0) is 37.6 Å². The van der Waals surface area contributed by atoms with Crippen molar-refractivity contribution in [2.24, 2.45) is 5.73 Å². The van der Waals surface area contributed by atoms with Crippen LogP contribution in [0, 0.1) is 5.82 Å². The lowest BCUT2D eigenvalue weighted by molar-refractivity contribution is -0.137. The average Bonchev–Trinajstić information content (AvgIpc) is 2.63. The number of anilines is 1. The molecule has 0 spiro atoms. The Balaban J connectivity index is 2.38. The molecule has 5 nitrogen and oxygen atoms in total. The summed E-state index contributed by atoms with van der Waals surface area (Å²) in [4.78, 5) is 11.1. The van der Waals surface area contributed by atoms with Crippen molar-refractivity contribution in [1.82, 2.24) is 5.32 Å². The summed E-state index contributed by atoms with van der Waals surface area (Å²) in [6, 6.07) is 4.91. The molecule has 0 saturated heterocycles. The Labute approximate surface area is 176 Å². The quantitative estimate of drug-likeness (QED) is 0.384. The molecule has 2 rings (SSSR count). The third-order valence-corrected chi connectivity index (χ3v) is 4.70. The van der Waals surface area contributed by atoms with Crippen LogP contribution in [-0.2, 0) is 11.0 Å². The van der Waals surface area contributed by atoms with Gasteiger partial charge in [0.2, 0.25) is 5.91 Å². The van der Waals surface area contributed by atoms with Gasteiger partial charge in [-0.15, -0.1) is 0 Å². The number of carbonyl (C=O) groups excluding carboxylic acids is 1. The number of ether oxygens (including phenoxy) is 1. The number of nitrogens with one attached hydrogen (secondary N) is 1. The van der Waals surface area contributed by atoms with E-state index in [9.17, 15) is 18.0 Å². The van der Waals surface area contributed by atoms with Crippen LogP contribution in [0.15, 0.2) is 30.3 Å². The van der Waals surface area contributed by atoms with E-state index in [0.717, 1.165) is 6.07 Å². The zero-order valence-corrected chi connectivity index (χ0v) is 17.1. The number of amides is 1. The predicted octanol–water partition coefficient (Wildman–Crippen LogP) is 5.18. The Morgan fingerprint density at radius 2 is 1.93 bits per heavy atom. The maximum absolute atomic E-state index is 15.2. The number of primary amides is 1. The summed E-state index contributed by atoms with van der Waals surface area (Å²) >= 11 is 6.04. The van der Waals surface area contributed by atoms with Crippen LogP contribution >= 0.6 is 11.6 Å². The molecule has 1 amide bonds. The highest BCUT2D eigenvalue weighted by Crippen LogP contribution is 2.40. The third-order valence-electron chi connectivity index (χ3n) is 4.41. The number of rotatable bonds is 8. The number of carbonyl (C=O) groups is 1. The van der Waals surface area contributed by atoms with E-state index in [1.807, 2.05) is 0 Å². The number of halogens is 5. The average molecular weight is 448 g/mol. The van der Waals surface area contributed by atoms with E-state index in [0.29, 0.717) is 12.5 Å². The van der Waals surface area contributed by atoms with Crippen molar-refractivity contribution in [3.05, 3.63) is 52.3 Å². The summed E-state index contributed by atoms with van der Waals surface area (Å²) in [7, 11) is 0. The summed E-state index contributed by atoms with van der Waals surface area (Å²) in [5.41, 5.74) is 9.18. The minimum absolute atomic E-state index is 0.0563. The monoisotopic (exact) mass is 447 g/mol. The van der Waals surface area contributed by atoms with Gasteiger partial charge in [-0.3, -0.25) is 4.79 Å². The Bertz CT molecular complexity index is 922. The molecule has 0 aromatic heterocycles. The highest BCUT2D eigenvalue weighted by Gasteiger charge is 2.33. The van der Waals surface area contributed by atoms with Gasteiger partial charge in [0, 0.05) is 29.8 Å². The maximum Gasteiger partial charge on any atom is 0.418 e. The summed E-state index contributed by atoms with van der Waals surface area (Å²) in [5.74, 6) is -2.00. The maximum atomic E-state index is 15.2. The van der Waals surface area contributed by atoms with Gasteiger partial charge in [0.25, 0.3) is 0 Å². The van der Waals surface area contributed by atoms with Crippen molar-refractivity contribution in [3.63, 3.8) is 0 Å². The fraction of sp³-hybridized carbons (Fsp3) is 0.350. The largest absolute Gasteiger partial charge is 0.453 e. The Morgan fingerprint density at radius 1 is 1.27 bits per heavy atom. The van der Waals surface area contributed by atoms with Crippen LogP contribution in [-0.4, -0.2) is 11.9 Å². The number of benzene rings is 2. The summed E-state index contributed by atoms with van der Waals surface area (Å²) in [5, 5.41) is 2.99. The minimum Gasteiger partial charge on any atom is -0.453 e. The molecule has 10 heteroatoms. The Kier molecular flexibility index (Phi) is 7.54. The summed E-state index contributed by atoms with van der Waals surface area (Å²) < 4.78 is 59.8. The molecule has 2 aromatic rings. The van der Waals surface area contributed by atoms with Crippen molar-refractivity contribution in [2.75, 3.05) is 5.73 Å². The Morgan fingerprint density at radius 3 is 2.50 bits per heavy atom. The molecule has 0 fully saturated rings. The smallest absolute Gasteiger partial charge is 0.418 e. The van der Waals surface area contributed by atoms with E-state index >= 15 is 4.39 Å². The minimum atomic E-state index is -4.69. The lowest BCUT2D eigenvalue weighted by Gasteiger charge is -2.23. The second kappa shape index (κ2) is 9.53. The van der Waals surface area contributed by atoms with Gasteiger partial charge in [0.05, 0.1) is 10.6 Å². The lowest BCUT2D eigenvalue weighted by Crippen LogP contribution is -2.34. The third kappa shape index (κ3) is 5.76. The molecular weight excluding hydrogens is 426 g/mol. The first-order chi connectivity index (χ1) is 13.9. The highest BCUT2D eigenvalue weighted by atomic mass is 35.5. The zero-order valence-electron chi connectivity index (χ0n) is 16.3. The van der Waals surface area contributed by atoms with Crippen molar-refractivity contribution >= 4 is 23.2 Å². The molecule has 0 unspecified atom stereocenters. The molecule has 0 bridgehead atoms. The molecule has 30 heavy (non-hydrogen) atoms. The van der Waals surface area contributed by atoms with Gasteiger partial charge in [0.1, 0.15) is 5.75 Å². The van der Waals surface area contributed by atoms with Gasteiger partial charge in [-0.25, -0.2) is 4.39 Å². The van der Waals surface area contributed by atoms with Crippen LogP contribution in [0.5, 0.6) is 11.5 Å². The number of nitrogens with two attached hydrogens (primary N) is 2. The van der Waals surface area contributed by atoms with Gasteiger partial charge in [0.15, 0.2) is 11.6 Å². The van der Waals surface area contributed by atoms with E-state index in [1.54, 1.807) is 13.8 Å². The molecule has 0 aliphatic heterocycles. The van der Waals surface area contributed by atoms with Crippen molar-refractivity contribution in [3.8, 4) is 11.5 Å². The predicted molar refractivity (Wildman–Crippen MR) is 107 cm³/mol. The van der Waals surface area contributed by atoms with Crippen molar-refractivity contribution < 1.29 is 27.1 Å². The second-order valence-electron chi connectivity index (χ2n) is 6.83. The fourth-order valence-electron chi connectivity index (χ4n) is 3.00. The van der Waals surface area contributed by atoms with Crippen LogP contribution < -0.4 is 21.5 Å². The zero-order chi connectivity index (χ0) is 22.6. The Hall–Kier alpha value is -2.52. The normalized spacial score (nSPS) is 13.7. The molecule has 2 aromatic carbocycles. The van der Waals surface area contributed by atoms with E-state index in [2.05, 4.69) is 5.32 Å². The first kappa shape index (κ1) is 23.8. The van der Waals surface area contributed by atoms with Gasteiger partial charge in [-0.2, -0.15) is 13.2 Å². The van der Waals surface area contributed by atoms with Crippen molar-refractivity contribution in [2.45, 2.75) is 44.9 Å². The van der Waals surface area contributed by atoms with Crippen molar-refractivity contribution in [1.29, 1.82) is 0 Å². The van der Waals surface area contributed by atoms with Gasteiger partial charge in [-0.1, -0.05) is 24.6 Å². The van der Waals surface area contributed by atoms with Crippen LogP contribution in [0.2, 0.25) is 5.02 Å². The molecule has 0 aliphatic rings. The molecule has 164 valence electrons. The number of hydrogen-bond donors (Lipinski definition) is 3. The van der Waals surface area contributed by atoms with E-state index in [4.69, 9.17) is 27.8 Å². The standard InChI is InChI=1S/C20H22ClF4N3O2/c1-3-16(28-10(2)8-17(27)29)12-5-6-14(21)19(18(12)22)30-11-4-7-15(26)13(9-11)20(23,24)25/h4-7,9-10,16,28H,3,8,26H2,1-2H3,(H2,27,29)/t10-,16-/m1/s1.